The van der Waals surface area contributed by atoms with Gasteiger partial charge in [0.15, 0.2) is 0 Å². The average Bonchev–Trinajstić information content (AvgIpc) is 2.41. The van der Waals surface area contributed by atoms with Gasteiger partial charge in [0.1, 0.15) is 0 Å². The first-order valence-electron chi connectivity index (χ1n) is 7.57. The van der Waals surface area contributed by atoms with Crippen LogP contribution in [0.5, 0.6) is 0 Å². The van der Waals surface area contributed by atoms with Crippen molar-refractivity contribution in [3.8, 4) is 0 Å². The second-order valence-electron chi connectivity index (χ2n) is 5.76. The van der Waals surface area contributed by atoms with E-state index in [9.17, 15) is 0 Å². The summed E-state index contributed by atoms with van der Waals surface area (Å²) < 4.78 is 5.59. The summed E-state index contributed by atoms with van der Waals surface area (Å²) in [6.45, 7) is 9.15. The molecule has 0 saturated carbocycles. The second kappa shape index (κ2) is 9.11. The lowest BCUT2D eigenvalue weighted by atomic mass is 10.0. The van der Waals surface area contributed by atoms with E-state index in [0.717, 1.165) is 26.1 Å². The molecule has 3 nitrogen and oxygen atoms in total. The van der Waals surface area contributed by atoms with Gasteiger partial charge in [-0.05, 0) is 53.4 Å². The van der Waals surface area contributed by atoms with E-state index < -0.39 is 0 Å². The maximum Gasteiger partial charge on any atom is 0.0596 e. The zero-order chi connectivity index (χ0) is 15.0. The van der Waals surface area contributed by atoms with Crippen LogP contribution < -0.4 is 5.32 Å². The number of rotatable bonds is 9. The van der Waals surface area contributed by atoms with Crippen LogP contribution in [0.2, 0.25) is 0 Å². The number of nitrogens with one attached hydrogen (secondary N) is 1. The normalized spacial score (nSPS) is 13.2. The Morgan fingerprint density at radius 1 is 1.15 bits per heavy atom. The fraction of sp³-hybridized carbons (Fsp3) is 0.647. The van der Waals surface area contributed by atoms with E-state index in [-0.39, 0.29) is 0 Å². The van der Waals surface area contributed by atoms with Gasteiger partial charge in [0.25, 0.3) is 0 Å². The second-order valence-corrected chi connectivity index (χ2v) is 5.76. The number of hydrogen-bond donors (Lipinski definition) is 1. The van der Waals surface area contributed by atoms with Gasteiger partial charge in [0.05, 0.1) is 12.7 Å². The molecule has 1 unspecified atom stereocenters. The minimum Gasteiger partial charge on any atom is -0.377 e. The molecule has 3 heteroatoms. The van der Waals surface area contributed by atoms with E-state index in [2.05, 4.69) is 62.3 Å². The van der Waals surface area contributed by atoms with Crippen LogP contribution in [0.25, 0.3) is 0 Å². The summed E-state index contributed by atoms with van der Waals surface area (Å²) in [7, 11) is 4.19. The van der Waals surface area contributed by atoms with Crippen LogP contribution in [0.4, 0.5) is 0 Å². The highest BCUT2D eigenvalue weighted by Crippen LogP contribution is 2.17. The van der Waals surface area contributed by atoms with Crippen LogP contribution in [0.1, 0.15) is 37.4 Å². The SMILES string of the molecule is CNC(CCN(C)CCOC(C)C)c1ccc(C)cc1. The summed E-state index contributed by atoms with van der Waals surface area (Å²) >= 11 is 0. The lowest BCUT2D eigenvalue weighted by molar-refractivity contribution is 0.0633. The molecule has 0 saturated heterocycles. The molecule has 1 aromatic carbocycles. The summed E-state index contributed by atoms with van der Waals surface area (Å²) in [5, 5.41) is 3.41. The predicted octanol–water partition coefficient (Wildman–Crippen LogP) is 3.00. The average molecular weight is 278 g/mol. The maximum atomic E-state index is 5.59. The largest absolute Gasteiger partial charge is 0.377 e. The topological polar surface area (TPSA) is 24.5 Å². The van der Waals surface area contributed by atoms with Gasteiger partial charge in [-0.1, -0.05) is 29.8 Å². The molecule has 0 bridgehead atoms. The first kappa shape index (κ1) is 17.2. The molecular weight excluding hydrogens is 248 g/mol. The molecule has 0 aromatic heterocycles. The predicted molar refractivity (Wildman–Crippen MR) is 86.2 cm³/mol. The Labute approximate surface area is 124 Å². The summed E-state index contributed by atoms with van der Waals surface area (Å²) in [4.78, 5) is 2.33. The van der Waals surface area contributed by atoms with Crippen molar-refractivity contribution >= 4 is 0 Å². The number of aryl methyl sites for hydroxylation is 1. The van der Waals surface area contributed by atoms with Crippen molar-refractivity contribution in [2.45, 2.75) is 39.3 Å². The lowest BCUT2D eigenvalue weighted by Crippen LogP contribution is -2.28. The number of benzene rings is 1. The third-order valence-electron chi connectivity index (χ3n) is 3.55. The third-order valence-corrected chi connectivity index (χ3v) is 3.55. The smallest absolute Gasteiger partial charge is 0.0596 e. The fourth-order valence-corrected chi connectivity index (χ4v) is 2.18. The van der Waals surface area contributed by atoms with E-state index in [1.807, 2.05) is 7.05 Å². The molecule has 114 valence electrons. The quantitative estimate of drug-likeness (QED) is 0.751. The van der Waals surface area contributed by atoms with Gasteiger partial charge in [-0.2, -0.15) is 0 Å². The number of ether oxygens (including phenoxy) is 1. The molecule has 1 N–H and O–H groups in total. The Morgan fingerprint density at radius 2 is 1.80 bits per heavy atom. The summed E-state index contributed by atoms with van der Waals surface area (Å²) in [6.07, 6.45) is 1.43. The van der Waals surface area contributed by atoms with Crippen LogP contribution in [-0.4, -0.2) is 44.8 Å². The third kappa shape index (κ3) is 6.51. The van der Waals surface area contributed by atoms with Crippen molar-refractivity contribution in [1.29, 1.82) is 0 Å². The summed E-state index contributed by atoms with van der Waals surface area (Å²) in [5.74, 6) is 0. The zero-order valence-electron chi connectivity index (χ0n) is 13.6. The van der Waals surface area contributed by atoms with E-state index in [0.29, 0.717) is 12.1 Å². The summed E-state index contributed by atoms with van der Waals surface area (Å²) in [6, 6.07) is 9.22. The number of hydrogen-bond acceptors (Lipinski definition) is 3. The molecule has 0 spiro atoms. The molecule has 0 heterocycles. The Hall–Kier alpha value is -0.900. The van der Waals surface area contributed by atoms with Crippen LogP contribution in [0.3, 0.4) is 0 Å². The molecular formula is C17H30N2O. The van der Waals surface area contributed by atoms with Gasteiger partial charge < -0.3 is 15.0 Å². The molecule has 0 aliphatic heterocycles. The highest BCUT2D eigenvalue weighted by Gasteiger charge is 2.10. The Bertz CT molecular complexity index is 362. The Morgan fingerprint density at radius 3 is 2.35 bits per heavy atom. The first-order chi connectivity index (χ1) is 9.52. The van der Waals surface area contributed by atoms with Crippen molar-refractivity contribution in [3.63, 3.8) is 0 Å². The van der Waals surface area contributed by atoms with Gasteiger partial charge >= 0.3 is 0 Å². The van der Waals surface area contributed by atoms with Gasteiger partial charge in [-0.15, -0.1) is 0 Å². The number of nitrogens with zero attached hydrogens (tertiary/aromatic N) is 1. The molecule has 0 aliphatic rings. The molecule has 0 radical (unpaired) electrons. The zero-order valence-corrected chi connectivity index (χ0v) is 13.6. The van der Waals surface area contributed by atoms with Crippen LogP contribution in [0, 0.1) is 6.92 Å². The molecule has 1 rings (SSSR count). The highest BCUT2D eigenvalue weighted by atomic mass is 16.5. The highest BCUT2D eigenvalue weighted by molar-refractivity contribution is 5.24. The van der Waals surface area contributed by atoms with Gasteiger partial charge in [0, 0.05) is 12.6 Å². The molecule has 0 amide bonds. The minimum absolute atomic E-state index is 0.320. The van der Waals surface area contributed by atoms with Crippen LogP contribution >= 0.6 is 0 Å². The van der Waals surface area contributed by atoms with E-state index >= 15 is 0 Å². The van der Waals surface area contributed by atoms with Crippen molar-refractivity contribution < 1.29 is 4.74 Å². The molecule has 0 aliphatic carbocycles. The molecule has 1 aromatic rings. The van der Waals surface area contributed by atoms with E-state index in [1.54, 1.807) is 0 Å². The van der Waals surface area contributed by atoms with Crippen molar-refractivity contribution in [1.82, 2.24) is 10.2 Å². The molecule has 20 heavy (non-hydrogen) atoms. The van der Waals surface area contributed by atoms with Gasteiger partial charge in [-0.25, -0.2) is 0 Å². The van der Waals surface area contributed by atoms with Crippen molar-refractivity contribution in [3.05, 3.63) is 35.4 Å². The van der Waals surface area contributed by atoms with E-state index in [4.69, 9.17) is 4.74 Å². The standard InChI is InChI=1S/C17H30N2O/c1-14(2)20-13-12-19(5)11-10-17(18-4)16-8-6-15(3)7-9-16/h6-9,14,17-18H,10-13H2,1-5H3. The van der Waals surface area contributed by atoms with E-state index in [1.165, 1.54) is 11.1 Å². The van der Waals surface area contributed by atoms with Gasteiger partial charge in [-0.3, -0.25) is 0 Å². The monoisotopic (exact) mass is 278 g/mol. The Kier molecular flexibility index (Phi) is 7.82. The number of likely N-dealkylation sites (N-methyl/N-ethyl adjacent to an activating group) is 1. The first-order valence-corrected chi connectivity index (χ1v) is 7.57. The fourth-order valence-electron chi connectivity index (χ4n) is 2.18. The maximum absolute atomic E-state index is 5.59. The lowest BCUT2D eigenvalue weighted by Gasteiger charge is -2.22. The summed E-state index contributed by atoms with van der Waals surface area (Å²) in [5.41, 5.74) is 2.68. The van der Waals surface area contributed by atoms with Crippen LogP contribution in [-0.2, 0) is 4.74 Å². The van der Waals surface area contributed by atoms with Crippen molar-refractivity contribution in [2.24, 2.45) is 0 Å². The minimum atomic E-state index is 0.320. The molecule has 0 fully saturated rings. The van der Waals surface area contributed by atoms with Crippen molar-refractivity contribution in [2.75, 3.05) is 33.8 Å². The van der Waals surface area contributed by atoms with Gasteiger partial charge in [0.2, 0.25) is 0 Å². The Balaban J connectivity index is 2.35. The molecule has 1 atom stereocenters. The van der Waals surface area contributed by atoms with Crippen LogP contribution in [0.15, 0.2) is 24.3 Å².